The zero-order valence-corrected chi connectivity index (χ0v) is 12.1. The fourth-order valence-corrected chi connectivity index (χ4v) is 2.52. The summed E-state index contributed by atoms with van der Waals surface area (Å²) >= 11 is 0. The van der Waals surface area contributed by atoms with Crippen LogP contribution in [0.3, 0.4) is 0 Å². The van der Waals surface area contributed by atoms with E-state index in [0.29, 0.717) is 22.7 Å². The second kappa shape index (κ2) is 5.33. The molecule has 22 heavy (non-hydrogen) atoms. The van der Waals surface area contributed by atoms with Crippen molar-refractivity contribution >= 4 is 22.7 Å². The number of anilines is 4. The van der Waals surface area contributed by atoms with Gasteiger partial charge in [-0.05, 0) is 58.7 Å². The lowest BCUT2D eigenvalue weighted by molar-refractivity contribution is 1.57. The molecule has 0 aromatic heterocycles. The van der Waals surface area contributed by atoms with Crippen molar-refractivity contribution in [3.05, 3.63) is 60.7 Å². The first-order valence-electron chi connectivity index (χ1n) is 6.95. The average Bonchev–Trinajstić information content (AvgIpc) is 2.49. The highest BCUT2D eigenvalue weighted by molar-refractivity contribution is 5.90. The van der Waals surface area contributed by atoms with Gasteiger partial charge < -0.3 is 22.9 Å². The Morgan fingerprint density at radius 3 is 1.27 bits per heavy atom. The third kappa shape index (κ3) is 2.54. The summed E-state index contributed by atoms with van der Waals surface area (Å²) < 4.78 is 0. The molecule has 0 atom stereocenters. The molecule has 0 saturated carbocycles. The first-order valence-corrected chi connectivity index (χ1v) is 6.95. The normalized spacial score (nSPS) is 10.5. The first-order chi connectivity index (χ1) is 10.5. The van der Waals surface area contributed by atoms with Crippen LogP contribution in [0.4, 0.5) is 22.7 Å². The van der Waals surface area contributed by atoms with Crippen molar-refractivity contribution in [2.75, 3.05) is 22.9 Å². The number of rotatable bonds is 2. The minimum absolute atomic E-state index is 0.546. The van der Waals surface area contributed by atoms with Gasteiger partial charge in [0.2, 0.25) is 0 Å². The summed E-state index contributed by atoms with van der Waals surface area (Å²) in [5.41, 5.74) is 30.2. The molecule has 0 aliphatic carbocycles. The maximum Gasteiger partial charge on any atom is 0.0554 e. The molecule has 8 N–H and O–H groups in total. The fraction of sp³-hybridized carbons (Fsp3) is 0. The maximum absolute atomic E-state index is 5.99. The SMILES string of the molecule is Nc1cccc(-c2cc(N)c(N)cc2-c2cccc(N)c2)c1. The van der Waals surface area contributed by atoms with Crippen LogP contribution in [0, 0.1) is 0 Å². The molecule has 0 bridgehead atoms. The summed E-state index contributed by atoms with van der Waals surface area (Å²) in [5, 5.41) is 0. The van der Waals surface area contributed by atoms with Crippen molar-refractivity contribution in [3.63, 3.8) is 0 Å². The zero-order valence-electron chi connectivity index (χ0n) is 12.1. The van der Waals surface area contributed by atoms with Crippen molar-refractivity contribution in [2.45, 2.75) is 0 Å². The molecule has 0 aliphatic heterocycles. The summed E-state index contributed by atoms with van der Waals surface area (Å²) in [6.07, 6.45) is 0. The molecule has 110 valence electrons. The van der Waals surface area contributed by atoms with E-state index in [0.717, 1.165) is 22.3 Å². The smallest absolute Gasteiger partial charge is 0.0554 e. The monoisotopic (exact) mass is 290 g/mol. The van der Waals surface area contributed by atoms with E-state index in [4.69, 9.17) is 22.9 Å². The van der Waals surface area contributed by atoms with Crippen LogP contribution in [-0.4, -0.2) is 0 Å². The Labute approximate surface area is 129 Å². The predicted molar refractivity (Wildman–Crippen MR) is 95.0 cm³/mol. The summed E-state index contributed by atoms with van der Waals surface area (Å²) in [6, 6.07) is 19.1. The molecule has 3 aromatic carbocycles. The van der Waals surface area contributed by atoms with Gasteiger partial charge in [0.1, 0.15) is 0 Å². The number of hydrogen-bond acceptors (Lipinski definition) is 4. The Balaban J connectivity index is 2.27. The van der Waals surface area contributed by atoms with Crippen LogP contribution < -0.4 is 22.9 Å². The predicted octanol–water partition coefficient (Wildman–Crippen LogP) is 3.35. The minimum atomic E-state index is 0.546. The number of nitrogen functional groups attached to an aromatic ring is 4. The molecule has 4 heteroatoms. The topological polar surface area (TPSA) is 104 Å². The highest BCUT2D eigenvalue weighted by Crippen LogP contribution is 2.37. The molecule has 0 amide bonds. The molecule has 0 spiro atoms. The second-order valence-corrected chi connectivity index (χ2v) is 5.28. The summed E-state index contributed by atoms with van der Waals surface area (Å²) in [6.45, 7) is 0. The van der Waals surface area contributed by atoms with E-state index in [9.17, 15) is 0 Å². The van der Waals surface area contributed by atoms with E-state index in [-0.39, 0.29) is 0 Å². The Morgan fingerprint density at radius 1 is 0.500 bits per heavy atom. The lowest BCUT2D eigenvalue weighted by Crippen LogP contribution is -1.98. The van der Waals surface area contributed by atoms with Crippen LogP contribution in [0.1, 0.15) is 0 Å². The molecule has 0 saturated heterocycles. The van der Waals surface area contributed by atoms with Crippen molar-refractivity contribution in [2.24, 2.45) is 0 Å². The van der Waals surface area contributed by atoms with E-state index >= 15 is 0 Å². The van der Waals surface area contributed by atoms with Crippen LogP contribution in [0.15, 0.2) is 60.7 Å². The molecule has 3 aromatic rings. The van der Waals surface area contributed by atoms with Gasteiger partial charge in [0.25, 0.3) is 0 Å². The van der Waals surface area contributed by atoms with E-state index in [1.165, 1.54) is 0 Å². The Bertz CT molecular complexity index is 770. The summed E-state index contributed by atoms with van der Waals surface area (Å²) in [5.74, 6) is 0. The van der Waals surface area contributed by atoms with Crippen LogP contribution in [0.25, 0.3) is 22.3 Å². The third-order valence-electron chi connectivity index (χ3n) is 3.62. The fourth-order valence-electron chi connectivity index (χ4n) is 2.52. The Morgan fingerprint density at radius 2 is 0.909 bits per heavy atom. The van der Waals surface area contributed by atoms with Gasteiger partial charge in [0, 0.05) is 11.4 Å². The standard InChI is InChI=1S/C18H18N4/c19-13-5-1-3-11(7-13)15-9-17(21)18(22)10-16(15)12-4-2-6-14(20)8-12/h1-10H,19-22H2. The summed E-state index contributed by atoms with van der Waals surface area (Å²) in [7, 11) is 0. The molecule has 0 radical (unpaired) electrons. The van der Waals surface area contributed by atoms with Crippen LogP contribution in [0.2, 0.25) is 0 Å². The van der Waals surface area contributed by atoms with E-state index in [2.05, 4.69) is 0 Å². The molecular formula is C18H18N4. The average molecular weight is 290 g/mol. The van der Waals surface area contributed by atoms with Crippen LogP contribution >= 0.6 is 0 Å². The molecule has 3 rings (SSSR count). The lowest BCUT2D eigenvalue weighted by Gasteiger charge is -2.14. The largest absolute Gasteiger partial charge is 0.399 e. The number of nitrogens with two attached hydrogens (primary N) is 4. The minimum Gasteiger partial charge on any atom is -0.399 e. The van der Waals surface area contributed by atoms with E-state index < -0.39 is 0 Å². The number of hydrogen-bond donors (Lipinski definition) is 4. The van der Waals surface area contributed by atoms with Gasteiger partial charge in [0.15, 0.2) is 0 Å². The molecule has 0 unspecified atom stereocenters. The maximum atomic E-state index is 5.99. The third-order valence-corrected chi connectivity index (χ3v) is 3.62. The quantitative estimate of drug-likeness (QED) is 0.543. The van der Waals surface area contributed by atoms with Gasteiger partial charge in [-0.25, -0.2) is 0 Å². The highest BCUT2D eigenvalue weighted by Gasteiger charge is 2.11. The Hall–Kier alpha value is -3.14. The second-order valence-electron chi connectivity index (χ2n) is 5.28. The van der Waals surface area contributed by atoms with Gasteiger partial charge in [0.05, 0.1) is 11.4 Å². The molecule has 4 nitrogen and oxygen atoms in total. The van der Waals surface area contributed by atoms with Gasteiger partial charge in [-0.2, -0.15) is 0 Å². The molecule has 0 heterocycles. The molecular weight excluding hydrogens is 272 g/mol. The van der Waals surface area contributed by atoms with E-state index in [1.807, 2.05) is 60.7 Å². The van der Waals surface area contributed by atoms with Gasteiger partial charge in [-0.15, -0.1) is 0 Å². The van der Waals surface area contributed by atoms with Gasteiger partial charge in [-0.1, -0.05) is 24.3 Å². The first kappa shape index (κ1) is 13.8. The van der Waals surface area contributed by atoms with Crippen LogP contribution in [-0.2, 0) is 0 Å². The zero-order chi connectivity index (χ0) is 15.7. The number of benzene rings is 3. The summed E-state index contributed by atoms with van der Waals surface area (Å²) in [4.78, 5) is 0. The van der Waals surface area contributed by atoms with Crippen molar-refractivity contribution in [1.82, 2.24) is 0 Å². The Kier molecular flexibility index (Phi) is 3.35. The van der Waals surface area contributed by atoms with Crippen molar-refractivity contribution < 1.29 is 0 Å². The lowest BCUT2D eigenvalue weighted by atomic mass is 9.93. The highest BCUT2D eigenvalue weighted by atomic mass is 14.7. The molecule has 0 fully saturated rings. The van der Waals surface area contributed by atoms with Crippen molar-refractivity contribution in [3.8, 4) is 22.3 Å². The van der Waals surface area contributed by atoms with Gasteiger partial charge in [-0.3, -0.25) is 0 Å². The van der Waals surface area contributed by atoms with Crippen molar-refractivity contribution in [1.29, 1.82) is 0 Å². The van der Waals surface area contributed by atoms with Crippen LogP contribution in [0.5, 0.6) is 0 Å². The van der Waals surface area contributed by atoms with Gasteiger partial charge >= 0.3 is 0 Å². The van der Waals surface area contributed by atoms with E-state index in [1.54, 1.807) is 0 Å². The molecule has 0 aliphatic rings.